The largest absolute Gasteiger partial charge is 0.455 e. The van der Waals surface area contributed by atoms with Crippen LogP contribution in [0.1, 0.15) is 12.2 Å². The topological polar surface area (TPSA) is 62.9 Å². The average Bonchev–Trinajstić information content (AvgIpc) is 3.34. The Labute approximate surface area is 166 Å². The standard InChI is InChI=1S/C22H17ClN2O3/c23-12-3-1-11(2-4-12)18-8-5-13(28-18)10-24-25-21(26)19-14-6-7-15(17-9-16(14)17)20(19)22(25)27/h1-8,10,14-17,19-20H,9H2/b24-10-/t14-,15-,16-,17+,19-,20-/m1/s1. The van der Waals surface area contributed by atoms with Crippen molar-refractivity contribution < 1.29 is 14.0 Å². The second-order valence-electron chi connectivity index (χ2n) is 8.10. The highest BCUT2D eigenvalue weighted by molar-refractivity contribution is 6.30. The third-order valence-corrected chi connectivity index (χ3v) is 6.95. The first-order chi connectivity index (χ1) is 13.6. The molecule has 6 heteroatoms. The molecule has 2 heterocycles. The summed E-state index contributed by atoms with van der Waals surface area (Å²) in [5.41, 5.74) is 0.894. The number of nitrogens with zero attached hydrogens (tertiary/aromatic N) is 2. The molecule has 5 aliphatic rings. The van der Waals surface area contributed by atoms with Gasteiger partial charge in [0.2, 0.25) is 0 Å². The van der Waals surface area contributed by atoms with Gasteiger partial charge >= 0.3 is 0 Å². The van der Waals surface area contributed by atoms with Crippen molar-refractivity contribution in [3.05, 3.63) is 59.3 Å². The van der Waals surface area contributed by atoms with E-state index in [0.717, 1.165) is 17.0 Å². The number of benzene rings is 1. The van der Waals surface area contributed by atoms with Gasteiger partial charge in [-0.1, -0.05) is 23.8 Å². The van der Waals surface area contributed by atoms with Gasteiger partial charge in [-0.2, -0.15) is 10.1 Å². The van der Waals surface area contributed by atoms with E-state index in [1.807, 2.05) is 18.2 Å². The second kappa shape index (κ2) is 5.67. The molecule has 0 radical (unpaired) electrons. The van der Waals surface area contributed by atoms with Crippen molar-refractivity contribution in [3.63, 3.8) is 0 Å². The number of allylic oxidation sites excluding steroid dienone is 2. The zero-order chi connectivity index (χ0) is 19.0. The van der Waals surface area contributed by atoms with Crippen LogP contribution in [0.15, 0.2) is 58.1 Å². The molecule has 0 spiro atoms. The quantitative estimate of drug-likeness (QED) is 0.451. The lowest BCUT2D eigenvalue weighted by atomic mass is 9.63. The summed E-state index contributed by atoms with van der Waals surface area (Å²) in [5.74, 6) is 1.95. The van der Waals surface area contributed by atoms with Crippen LogP contribution in [0, 0.1) is 35.5 Å². The maximum atomic E-state index is 12.9. The fourth-order valence-corrected chi connectivity index (χ4v) is 5.49. The minimum absolute atomic E-state index is 0.166. The molecule has 140 valence electrons. The molecule has 0 unspecified atom stereocenters. The first-order valence-corrected chi connectivity index (χ1v) is 9.95. The number of hydrogen-bond donors (Lipinski definition) is 0. The molecule has 3 fully saturated rings. The number of rotatable bonds is 3. The first-order valence-electron chi connectivity index (χ1n) is 9.58. The van der Waals surface area contributed by atoms with Gasteiger partial charge in [-0.15, -0.1) is 0 Å². The summed E-state index contributed by atoms with van der Waals surface area (Å²) in [4.78, 5) is 25.8. The summed E-state index contributed by atoms with van der Waals surface area (Å²) in [6.45, 7) is 0. The fourth-order valence-electron chi connectivity index (χ4n) is 5.36. The summed E-state index contributed by atoms with van der Waals surface area (Å²) in [7, 11) is 0. The molecular weight excluding hydrogens is 376 g/mol. The zero-order valence-electron chi connectivity index (χ0n) is 14.9. The van der Waals surface area contributed by atoms with Gasteiger partial charge in [-0.05, 0) is 66.5 Å². The second-order valence-corrected chi connectivity index (χ2v) is 8.53. The minimum Gasteiger partial charge on any atom is -0.455 e. The zero-order valence-corrected chi connectivity index (χ0v) is 15.6. The Morgan fingerprint density at radius 1 is 0.964 bits per heavy atom. The molecule has 1 saturated heterocycles. The summed E-state index contributed by atoms with van der Waals surface area (Å²) < 4.78 is 5.78. The van der Waals surface area contributed by atoms with E-state index in [4.69, 9.17) is 16.0 Å². The van der Waals surface area contributed by atoms with Gasteiger partial charge in [0.1, 0.15) is 11.5 Å². The number of carbonyl (C=O) groups is 2. The highest BCUT2D eigenvalue weighted by Crippen LogP contribution is 2.65. The fraction of sp³-hybridized carbons (Fsp3) is 0.318. The van der Waals surface area contributed by atoms with E-state index in [2.05, 4.69) is 17.3 Å². The van der Waals surface area contributed by atoms with Crippen molar-refractivity contribution in [2.45, 2.75) is 6.42 Å². The van der Waals surface area contributed by atoms with Crippen LogP contribution >= 0.6 is 11.6 Å². The number of hydrogen-bond acceptors (Lipinski definition) is 4. The molecule has 5 nitrogen and oxygen atoms in total. The van der Waals surface area contributed by atoms with Crippen LogP contribution in [0.25, 0.3) is 11.3 Å². The summed E-state index contributed by atoms with van der Waals surface area (Å²) in [6, 6.07) is 10.9. The third-order valence-electron chi connectivity index (χ3n) is 6.70. The molecular formula is C22H17ClN2O3. The predicted molar refractivity (Wildman–Crippen MR) is 103 cm³/mol. The minimum atomic E-state index is -0.232. The third kappa shape index (κ3) is 2.23. The SMILES string of the molecule is O=C1[C@@H]2[C@@H]3C=C[C@H]([C@@H]4C[C@H]34)[C@H]2C(=O)N1/N=C\c1ccc(-c2ccc(Cl)cc2)o1. The normalized spacial score (nSPS) is 35.0. The maximum absolute atomic E-state index is 12.9. The number of carbonyl (C=O) groups excluding carboxylic acids is 2. The Bertz CT molecular complexity index is 1020. The van der Waals surface area contributed by atoms with Gasteiger partial charge < -0.3 is 4.42 Å². The van der Waals surface area contributed by atoms with E-state index in [1.165, 1.54) is 6.21 Å². The highest BCUT2D eigenvalue weighted by Gasteiger charge is 2.67. The number of halogens is 1. The molecule has 1 aromatic carbocycles. The summed E-state index contributed by atoms with van der Waals surface area (Å²) in [5, 5.41) is 5.93. The smallest absolute Gasteiger partial charge is 0.254 e. The molecule has 0 N–H and O–H groups in total. The monoisotopic (exact) mass is 392 g/mol. The van der Waals surface area contributed by atoms with Crippen LogP contribution in [-0.2, 0) is 9.59 Å². The Morgan fingerprint density at radius 2 is 1.61 bits per heavy atom. The van der Waals surface area contributed by atoms with Crippen LogP contribution in [0.4, 0.5) is 0 Å². The Hall–Kier alpha value is -2.66. The summed E-state index contributed by atoms with van der Waals surface area (Å²) >= 11 is 5.92. The average molecular weight is 393 g/mol. The van der Waals surface area contributed by atoms with Crippen molar-refractivity contribution >= 4 is 29.6 Å². The van der Waals surface area contributed by atoms with Gasteiger partial charge in [-0.3, -0.25) is 9.59 Å². The van der Waals surface area contributed by atoms with E-state index in [0.29, 0.717) is 28.4 Å². The first kappa shape index (κ1) is 16.3. The van der Waals surface area contributed by atoms with E-state index < -0.39 is 0 Å². The molecule has 6 atom stereocenters. The van der Waals surface area contributed by atoms with Gasteiger partial charge in [0.05, 0.1) is 18.1 Å². The number of amides is 2. The van der Waals surface area contributed by atoms with Gasteiger partial charge in [0, 0.05) is 10.6 Å². The molecule has 2 amide bonds. The predicted octanol–water partition coefficient (Wildman–Crippen LogP) is 3.99. The van der Waals surface area contributed by atoms with E-state index >= 15 is 0 Å². The van der Waals surface area contributed by atoms with Crippen molar-refractivity contribution in [1.82, 2.24) is 5.01 Å². The summed E-state index contributed by atoms with van der Waals surface area (Å²) in [6.07, 6.45) is 6.91. The van der Waals surface area contributed by atoms with Gasteiger partial charge in [0.15, 0.2) is 0 Å². The van der Waals surface area contributed by atoms with Crippen molar-refractivity contribution in [1.29, 1.82) is 0 Å². The van der Waals surface area contributed by atoms with E-state index in [-0.39, 0.29) is 35.5 Å². The van der Waals surface area contributed by atoms with Gasteiger partial charge in [-0.25, -0.2) is 0 Å². The van der Waals surface area contributed by atoms with Crippen molar-refractivity contribution in [2.75, 3.05) is 0 Å². The number of hydrazone groups is 1. The lowest BCUT2D eigenvalue weighted by molar-refractivity contribution is -0.140. The number of imide groups is 1. The van der Waals surface area contributed by atoms with Crippen LogP contribution in [0.5, 0.6) is 0 Å². The van der Waals surface area contributed by atoms with E-state index in [1.54, 1.807) is 18.2 Å². The molecule has 2 bridgehead atoms. The lowest BCUT2D eigenvalue weighted by Crippen LogP contribution is -2.40. The molecule has 2 saturated carbocycles. The maximum Gasteiger partial charge on any atom is 0.254 e. The van der Waals surface area contributed by atoms with Crippen LogP contribution in [0.2, 0.25) is 5.02 Å². The Balaban J connectivity index is 1.24. The van der Waals surface area contributed by atoms with E-state index in [9.17, 15) is 9.59 Å². The van der Waals surface area contributed by atoms with Crippen molar-refractivity contribution in [2.24, 2.45) is 40.6 Å². The van der Waals surface area contributed by atoms with Crippen LogP contribution in [-0.4, -0.2) is 23.0 Å². The molecule has 28 heavy (non-hydrogen) atoms. The van der Waals surface area contributed by atoms with Crippen molar-refractivity contribution in [3.8, 4) is 11.3 Å². The number of furan rings is 1. The van der Waals surface area contributed by atoms with Gasteiger partial charge in [0.25, 0.3) is 11.8 Å². The Morgan fingerprint density at radius 3 is 2.25 bits per heavy atom. The highest BCUT2D eigenvalue weighted by atomic mass is 35.5. The van der Waals surface area contributed by atoms with Crippen LogP contribution in [0.3, 0.4) is 0 Å². The Kier molecular flexibility index (Phi) is 3.30. The van der Waals surface area contributed by atoms with Crippen LogP contribution < -0.4 is 0 Å². The molecule has 2 aromatic rings. The molecule has 4 aliphatic carbocycles. The lowest BCUT2D eigenvalue weighted by Gasteiger charge is -2.37. The molecule has 7 rings (SSSR count). The molecule has 1 aromatic heterocycles. The molecule has 1 aliphatic heterocycles.